The van der Waals surface area contributed by atoms with Crippen molar-refractivity contribution in [2.24, 2.45) is 0 Å². The van der Waals surface area contributed by atoms with E-state index in [0.29, 0.717) is 11.3 Å². The Hall–Kier alpha value is -2.25. The number of aromatic nitrogens is 1. The van der Waals surface area contributed by atoms with Gasteiger partial charge in [0.05, 0.1) is 5.75 Å². The molecule has 0 N–H and O–H groups in total. The van der Waals surface area contributed by atoms with Crippen molar-refractivity contribution in [2.45, 2.75) is 11.9 Å². The minimum absolute atomic E-state index is 0.0646. The lowest BCUT2D eigenvalue weighted by atomic mass is 10.0. The number of rotatable bonds is 4. The zero-order valence-corrected chi connectivity index (χ0v) is 17.0. The number of nitrogens with zero attached hydrogens (tertiary/aromatic N) is 2. The highest BCUT2D eigenvalue weighted by Crippen LogP contribution is 2.43. The zero-order chi connectivity index (χ0) is 19.7. The van der Waals surface area contributed by atoms with Crippen molar-refractivity contribution in [1.82, 2.24) is 9.88 Å². The van der Waals surface area contributed by atoms with E-state index in [0.717, 1.165) is 27.2 Å². The normalized spacial score (nSPS) is 16.6. The van der Waals surface area contributed by atoms with Gasteiger partial charge in [-0.3, -0.25) is 9.78 Å². The molecule has 28 heavy (non-hydrogen) atoms. The summed E-state index contributed by atoms with van der Waals surface area (Å²) >= 11 is 4.93. The molecule has 142 valence electrons. The molecule has 1 unspecified atom stereocenters. The molecule has 1 aliphatic heterocycles. The Morgan fingerprint density at radius 2 is 1.82 bits per heavy atom. The molecule has 3 aromatic rings. The number of hydrogen-bond acceptors (Lipinski definition) is 3. The Labute approximate surface area is 173 Å². The molecule has 3 nitrogen and oxygen atoms in total. The lowest BCUT2D eigenvalue weighted by molar-refractivity contribution is -0.128. The van der Waals surface area contributed by atoms with Crippen LogP contribution in [0.3, 0.4) is 0 Å². The van der Waals surface area contributed by atoms with Crippen LogP contribution in [0.5, 0.6) is 0 Å². The quantitative estimate of drug-likeness (QED) is 0.510. The first-order chi connectivity index (χ1) is 13.5. The lowest BCUT2D eigenvalue weighted by Gasteiger charge is -2.26. The van der Waals surface area contributed by atoms with Crippen molar-refractivity contribution in [2.75, 3.05) is 5.75 Å². The maximum Gasteiger partial charge on any atom is 0.234 e. The maximum atomic E-state index is 13.6. The van der Waals surface area contributed by atoms with Gasteiger partial charge in [-0.15, -0.1) is 11.8 Å². The molecular formula is C21H15BrF2N2OS. The standard InChI is InChI=1S/C21H15BrF2N2OS/c22-15-3-1-14(2-4-15)18-5-6-25-10-19(18)21-26(20(27)12-28-21)11-13-7-16(23)9-17(24)8-13/h1-10,21H,11-12H2. The van der Waals surface area contributed by atoms with E-state index in [1.807, 2.05) is 30.3 Å². The molecule has 1 saturated heterocycles. The molecule has 0 saturated carbocycles. The van der Waals surface area contributed by atoms with E-state index < -0.39 is 11.6 Å². The van der Waals surface area contributed by atoms with Gasteiger partial charge in [-0.1, -0.05) is 28.1 Å². The molecule has 0 radical (unpaired) electrons. The van der Waals surface area contributed by atoms with Crippen LogP contribution in [0, 0.1) is 11.6 Å². The van der Waals surface area contributed by atoms with Gasteiger partial charge in [-0.25, -0.2) is 8.78 Å². The van der Waals surface area contributed by atoms with E-state index in [4.69, 9.17) is 0 Å². The highest BCUT2D eigenvalue weighted by atomic mass is 79.9. The molecular weight excluding hydrogens is 446 g/mol. The van der Waals surface area contributed by atoms with Crippen molar-refractivity contribution < 1.29 is 13.6 Å². The summed E-state index contributed by atoms with van der Waals surface area (Å²) in [7, 11) is 0. The third-order valence-electron chi connectivity index (χ3n) is 4.52. The monoisotopic (exact) mass is 460 g/mol. The number of carbonyl (C=O) groups excluding carboxylic acids is 1. The van der Waals surface area contributed by atoms with E-state index in [2.05, 4.69) is 20.9 Å². The number of pyridine rings is 1. The second kappa shape index (κ2) is 8.01. The van der Waals surface area contributed by atoms with Gasteiger partial charge < -0.3 is 4.90 Å². The molecule has 1 atom stereocenters. The van der Waals surface area contributed by atoms with Crippen molar-refractivity contribution in [1.29, 1.82) is 0 Å². The summed E-state index contributed by atoms with van der Waals surface area (Å²) in [6.45, 7) is 0.139. The van der Waals surface area contributed by atoms with Crippen LogP contribution in [-0.4, -0.2) is 21.5 Å². The Balaban J connectivity index is 1.70. The second-order valence-corrected chi connectivity index (χ2v) is 8.42. The van der Waals surface area contributed by atoms with Crippen molar-refractivity contribution in [3.05, 3.63) is 88.2 Å². The fourth-order valence-electron chi connectivity index (χ4n) is 3.28. The molecule has 4 rings (SSSR count). The minimum Gasteiger partial charge on any atom is -0.321 e. The number of hydrogen-bond donors (Lipinski definition) is 0. The molecule has 0 bridgehead atoms. The molecule has 1 aliphatic rings. The molecule has 0 aliphatic carbocycles. The molecule has 2 aromatic carbocycles. The number of benzene rings is 2. The van der Waals surface area contributed by atoms with Gasteiger partial charge in [0.15, 0.2) is 0 Å². The third-order valence-corrected chi connectivity index (χ3v) is 6.28. The average molecular weight is 461 g/mol. The minimum atomic E-state index is -0.650. The number of thioether (sulfide) groups is 1. The van der Waals surface area contributed by atoms with E-state index in [-0.39, 0.29) is 17.8 Å². The van der Waals surface area contributed by atoms with Crippen LogP contribution in [0.25, 0.3) is 11.1 Å². The van der Waals surface area contributed by atoms with Crippen LogP contribution in [0.4, 0.5) is 8.78 Å². The topological polar surface area (TPSA) is 33.2 Å². The van der Waals surface area contributed by atoms with Crippen LogP contribution in [-0.2, 0) is 11.3 Å². The van der Waals surface area contributed by atoms with Gasteiger partial charge >= 0.3 is 0 Å². The summed E-state index contributed by atoms with van der Waals surface area (Å²) in [6, 6.07) is 13.2. The smallest absolute Gasteiger partial charge is 0.234 e. The maximum absolute atomic E-state index is 13.6. The Morgan fingerprint density at radius 3 is 2.54 bits per heavy atom. The molecule has 1 amide bonds. The van der Waals surface area contributed by atoms with Crippen molar-refractivity contribution in [3.63, 3.8) is 0 Å². The van der Waals surface area contributed by atoms with Gasteiger partial charge in [-0.05, 0) is 47.0 Å². The number of amides is 1. The van der Waals surface area contributed by atoms with Gasteiger partial charge in [0.1, 0.15) is 17.0 Å². The molecule has 1 fully saturated rings. The predicted octanol–water partition coefficient (Wildman–Crippen LogP) is 5.56. The van der Waals surface area contributed by atoms with Gasteiger partial charge in [-0.2, -0.15) is 0 Å². The van der Waals surface area contributed by atoms with Gasteiger partial charge in [0.25, 0.3) is 0 Å². The summed E-state index contributed by atoms with van der Waals surface area (Å²) in [5, 5.41) is -0.272. The molecule has 7 heteroatoms. The van der Waals surface area contributed by atoms with E-state index >= 15 is 0 Å². The average Bonchev–Trinajstić information content (AvgIpc) is 3.02. The summed E-state index contributed by atoms with van der Waals surface area (Å²) in [6.07, 6.45) is 3.47. The third kappa shape index (κ3) is 3.95. The van der Waals surface area contributed by atoms with Gasteiger partial charge in [0.2, 0.25) is 5.91 Å². The summed E-state index contributed by atoms with van der Waals surface area (Å²) in [5.74, 6) is -1.05. The fourth-order valence-corrected chi connectivity index (χ4v) is 4.75. The van der Waals surface area contributed by atoms with Crippen LogP contribution in [0.2, 0.25) is 0 Å². The molecule has 0 spiro atoms. The summed E-state index contributed by atoms with van der Waals surface area (Å²) in [5.41, 5.74) is 3.31. The van der Waals surface area contributed by atoms with Crippen LogP contribution < -0.4 is 0 Å². The van der Waals surface area contributed by atoms with E-state index in [1.54, 1.807) is 17.3 Å². The highest BCUT2D eigenvalue weighted by molar-refractivity contribution is 9.10. The first-order valence-corrected chi connectivity index (χ1v) is 10.4. The zero-order valence-electron chi connectivity index (χ0n) is 14.6. The fraction of sp³-hybridized carbons (Fsp3) is 0.143. The first kappa shape index (κ1) is 19.1. The number of halogens is 3. The Morgan fingerprint density at radius 1 is 1.11 bits per heavy atom. The number of carbonyl (C=O) groups is 1. The van der Waals surface area contributed by atoms with Gasteiger partial charge in [0, 0.05) is 35.0 Å². The van der Waals surface area contributed by atoms with E-state index in [1.165, 1.54) is 23.9 Å². The highest BCUT2D eigenvalue weighted by Gasteiger charge is 2.34. The van der Waals surface area contributed by atoms with Crippen molar-refractivity contribution in [3.8, 4) is 11.1 Å². The van der Waals surface area contributed by atoms with Crippen molar-refractivity contribution >= 4 is 33.6 Å². The predicted molar refractivity (Wildman–Crippen MR) is 109 cm³/mol. The largest absolute Gasteiger partial charge is 0.321 e. The van der Waals surface area contributed by atoms with E-state index in [9.17, 15) is 13.6 Å². The first-order valence-electron chi connectivity index (χ1n) is 8.57. The Kier molecular flexibility index (Phi) is 5.46. The van der Waals surface area contributed by atoms with Crippen LogP contribution in [0.1, 0.15) is 16.5 Å². The van der Waals surface area contributed by atoms with Crippen LogP contribution in [0.15, 0.2) is 65.4 Å². The second-order valence-electron chi connectivity index (χ2n) is 6.43. The molecule has 2 heterocycles. The summed E-state index contributed by atoms with van der Waals surface area (Å²) in [4.78, 5) is 18.4. The molecule has 1 aromatic heterocycles. The Bertz CT molecular complexity index is 1010. The van der Waals surface area contributed by atoms with Crippen LogP contribution >= 0.6 is 27.7 Å². The summed E-state index contributed by atoms with van der Waals surface area (Å²) < 4.78 is 28.1. The SMILES string of the molecule is O=C1CSC(c2cnccc2-c2ccc(Br)cc2)N1Cc1cc(F)cc(F)c1. The lowest BCUT2D eigenvalue weighted by Crippen LogP contribution is -2.28.